The van der Waals surface area contributed by atoms with E-state index >= 15 is 0 Å². The van der Waals surface area contributed by atoms with Gasteiger partial charge in [0.05, 0.1) is 5.69 Å². The average Bonchev–Trinajstić information content (AvgIpc) is 3.13. The number of para-hydroxylation sites is 2. The largest absolute Gasteiger partial charge is 0.310 e. The first-order valence-corrected chi connectivity index (χ1v) is 15.5. The van der Waals surface area contributed by atoms with Gasteiger partial charge in [-0.05, 0) is 79.7 Å². The third-order valence-corrected chi connectivity index (χ3v) is 8.65. The molecule has 8 rings (SSSR count). The maximum atomic E-state index is 2.36. The summed E-state index contributed by atoms with van der Waals surface area (Å²) in [4.78, 5) is 2.36. The lowest BCUT2D eigenvalue weighted by molar-refractivity contribution is 1.28. The van der Waals surface area contributed by atoms with Crippen LogP contribution in [0.2, 0.25) is 0 Å². The number of fused-ring (bicyclic) bond motifs is 3. The molecule has 8 aromatic rings. The van der Waals surface area contributed by atoms with Crippen LogP contribution >= 0.6 is 0 Å². The molecule has 1 heteroatoms. The second-order valence-electron chi connectivity index (χ2n) is 11.3. The van der Waals surface area contributed by atoms with E-state index in [0.29, 0.717) is 0 Å². The molecule has 0 saturated heterocycles. The van der Waals surface area contributed by atoms with E-state index in [1.54, 1.807) is 0 Å². The average molecular weight is 574 g/mol. The summed E-state index contributed by atoms with van der Waals surface area (Å²) in [7, 11) is 0. The van der Waals surface area contributed by atoms with Crippen molar-refractivity contribution in [3.8, 4) is 33.4 Å². The summed E-state index contributed by atoms with van der Waals surface area (Å²) in [5, 5.41) is 5.08. The third kappa shape index (κ3) is 4.85. The minimum absolute atomic E-state index is 1.11. The number of rotatable bonds is 6. The summed E-state index contributed by atoms with van der Waals surface area (Å²) in [6.45, 7) is 0. The van der Waals surface area contributed by atoms with Gasteiger partial charge in [-0.1, -0.05) is 158 Å². The topological polar surface area (TPSA) is 3.24 Å². The van der Waals surface area contributed by atoms with E-state index < -0.39 is 0 Å². The lowest BCUT2D eigenvalue weighted by atomic mass is 9.85. The third-order valence-electron chi connectivity index (χ3n) is 8.65. The molecule has 0 bridgehead atoms. The van der Waals surface area contributed by atoms with E-state index in [1.165, 1.54) is 54.9 Å². The maximum Gasteiger partial charge on any atom is 0.0540 e. The molecule has 0 N–H and O–H groups in total. The number of hydrogen-bond donors (Lipinski definition) is 0. The Morgan fingerprint density at radius 3 is 1.24 bits per heavy atom. The fraction of sp³-hybridized carbons (Fsp3) is 0. The molecule has 8 aromatic carbocycles. The SMILES string of the molecule is c1ccc(-c2ccccc2N(c2ccccc2)c2ccc(-c3c(-c4ccccc4)c4ccccc4c4ccccc34)cc2)cc1. The smallest absolute Gasteiger partial charge is 0.0540 e. The van der Waals surface area contributed by atoms with Gasteiger partial charge in [0.15, 0.2) is 0 Å². The van der Waals surface area contributed by atoms with E-state index in [-0.39, 0.29) is 0 Å². The van der Waals surface area contributed by atoms with Crippen LogP contribution in [0.3, 0.4) is 0 Å². The standard InChI is InChI=1S/C44H31N/c1-4-16-32(17-5-1)37-22-14-15-27-42(37)45(35-20-8-3-9-21-35)36-30-28-34(29-31-36)44-41-26-13-11-24-39(41)38-23-10-12-25-40(38)43(44)33-18-6-2-7-19-33/h1-31H. The Hall–Kier alpha value is -5.92. The molecule has 45 heavy (non-hydrogen) atoms. The Balaban J connectivity index is 1.35. The summed E-state index contributed by atoms with van der Waals surface area (Å²) in [5.41, 5.74) is 10.7. The van der Waals surface area contributed by atoms with Crippen LogP contribution in [0.4, 0.5) is 17.1 Å². The molecule has 0 aliphatic rings. The van der Waals surface area contributed by atoms with Crippen molar-refractivity contribution in [2.75, 3.05) is 4.90 Å². The summed E-state index contributed by atoms with van der Waals surface area (Å²) in [6.07, 6.45) is 0. The summed E-state index contributed by atoms with van der Waals surface area (Å²) in [5.74, 6) is 0. The number of hydrogen-bond acceptors (Lipinski definition) is 1. The molecule has 0 saturated carbocycles. The second kappa shape index (κ2) is 11.6. The lowest BCUT2D eigenvalue weighted by Gasteiger charge is -2.28. The van der Waals surface area contributed by atoms with Gasteiger partial charge in [-0.2, -0.15) is 0 Å². The van der Waals surface area contributed by atoms with Crippen molar-refractivity contribution in [2.45, 2.75) is 0 Å². The molecule has 0 fully saturated rings. The van der Waals surface area contributed by atoms with Gasteiger partial charge in [-0.3, -0.25) is 0 Å². The van der Waals surface area contributed by atoms with Crippen LogP contribution in [-0.4, -0.2) is 0 Å². The Bertz CT molecular complexity index is 2240. The molecule has 0 radical (unpaired) electrons. The van der Waals surface area contributed by atoms with Crippen LogP contribution in [-0.2, 0) is 0 Å². The van der Waals surface area contributed by atoms with Crippen molar-refractivity contribution < 1.29 is 0 Å². The van der Waals surface area contributed by atoms with E-state index in [1.807, 2.05) is 0 Å². The highest BCUT2D eigenvalue weighted by atomic mass is 15.1. The van der Waals surface area contributed by atoms with E-state index in [0.717, 1.165) is 17.1 Å². The summed E-state index contributed by atoms with van der Waals surface area (Å²) in [6, 6.07) is 67.5. The Morgan fingerprint density at radius 2 is 0.667 bits per heavy atom. The predicted octanol–water partition coefficient (Wildman–Crippen LogP) is 12.5. The minimum atomic E-state index is 1.11. The lowest BCUT2D eigenvalue weighted by Crippen LogP contribution is -2.11. The molecular formula is C44H31N. The zero-order chi connectivity index (χ0) is 30.0. The van der Waals surface area contributed by atoms with Crippen LogP contribution < -0.4 is 4.90 Å². The molecule has 0 spiro atoms. The van der Waals surface area contributed by atoms with Crippen molar-refractivity contribution >= 4 is 38.6 Å². The zero-order valence-corrected chi connectivity index (χ0v) is 24.8. The monoisotopic (exact) mass is 573 g/mol. The first kappa shape index (κ1) is 26.7. The van der Waals surface area contributed by atoms with Crippen LogP contribution in [0.1, 0.15) is 0 Å². The summed E-state index contributed by atoms with van der Waals surface area (Å²) >= 11 is 0. The molecule has 0 aliphatic carbocycles. The van der Waals surface area contributed by atoms with E-state index in [9.17, 15) is 0 Å². The Kier molecular flexibility index (Phi) is 6.90. The van der Waals surface area contributed by atoms with Gasteiger partial charge in [0.1, 0.15) is 0 Å². The highest BCUT2D eigenvalue weighted by Crippen LogP contribution is 2.46. The van der Waals surface area contributed by atoms with Crippen molar-refractivity contribution in [3.63, 3.8) is 0 Å². The van der Waals surface area contributed by atoms with Crippen LogP contribution in [0.5, 0.6) is 0 Å². The second-order valence-corrected chi connectivity index (χ2v) is 11.3. The molecule has 1 nitrogen and oxygen atoms in total. The van der Waals surface area contributed by atoms with Crippen molar-refractivity contribution in [1.29, 1.82) is 0 Å². The van der Waals surface area contributed by atoms with Gasteiger partial charge in [0.25, 0.3) is 0 Å². The van der Waals surface area contributed by atoms with E-state index in [4.69, 9.17) is 0 Å². The molecule has 0 heterocycles. The van der Waals surface area contributed by atoms with Crippen molar-refractivity contribution in [2.24, 2.45) is 0 Å². The van der Waals surface area contributed by atoms with Gasteiger partial charge in [0, 0.05) is 16.9 Å². The van der Waals surface area contributed by atoms with Crippen LogP contribution in [0.15, 0.2) is 188 Å². The number of anilines is 3. The van der Waals surface area contributed by atoms with Crippen LogP contribution in [0, 0.1) is 0 Å². The molecule has 0 unspecified atom stereocenters. The highest BCUT2D eigenvalue weighted by molar-refractivity contribution is 6.21. The van der Waals surface area contributed by atoms with Gasteiger partial charge >= 0.3 is 0 Å². The molecule has 0 aromatic heterocycles. The van der Waals surface area contributed by atoms with Gasteiger partial charge in [0.2, 0.25) is 0 Å². The Labute approximate surface area is 264 Å². The molecule has 0 amide bonds. The van der Waals surface area contributed by atoms with Crippen molar-refractivity contribution in [3.05, 3.63) is 188 Å². The first-order valence-electron chi connectivity index (χ1n) is 15.5. The highest BCUT2D eigenvalue weighted by Gasteiger charge is 2.20. The molecule has 0 atom stereocenters. The summed E-state index contributed by atoms with van der Waals surface area (Å²) < 4.78 is 0. The molecule has 212 valence electrons. The molecule has 0 aliphatic heterocycles. The van der Waals surface area contributed by atoms with Gasteiger partial charge in [-0.25, -0.2) is 0 Å². The molecular weight excluding hydrogens is 542 g/mol. The van der Waals surface area contributed by atoms with Crippen LogP contribution in [0.25, 0.3) is 54.9 Å². The van der Waals surface area contributed by atoms with Gasteiger partial charge < -0.3 is 4.90 Å². The predicted molar refractivity (Wildman–Crippen MR) is 192 cm³/mol. The zero-order valence-electron chi connectivity index (χ0n) is 24.8. The normalized spacial score (nSPS) is 11.1. The quantitative estimate of drug-likeness (QED) is 0.179. The number of nitrogens with zero attached hydrogens (tertiary/aromatic N) is 1. The minimum Gasteiger partial charge on any atom is -0.310 e. The fourth-order valence-corrected chi connectivity index (χ4v) is 6.66. The van der Waals surface area contributed by atoms with E-state index in [2.05, 4.69) is 193 Å². The Morgan fingerprint density at radius 1 is 0.267 bits per heavy atom. The van der Waals surface area contributed by atoms with Gasteiger partial charge in [-0.15, -0.1) is 0 Å². The fourth-order valence-electron chi connectivity index (χ4n) is 6.66. The first-order chi connectivity index (χ1) is 22.4. The number of benzene rings is 8. The van der Waals surface area contributed by atoms with Crippen molar-refractivity contribution in [1.82, 2.24) is 0 Å². The maximum absolute atomic E-state index is 2.36.